The Kier molecular flexibility index (Phi) is 7.52. The van der Waals surface area contributed by atoms with Crippen LogP contribution in [0.15, 0.2) is 42.5 Å². The van der Waals surface area contributed by atoms with Crippen molar-refractivity contribution in [1.82, 2.24) is 9.97 Å². The number of amides is 1. The lowest BCUT2D eigenvalue weighted by Crippen LogP contribution is -2.24. The predicted octanol–water partition coefficient (Wildman–Crippen LogP) is 4.41. The van der Waals surface area contributed by atoms with E-state index in [9.17, 15) is 14.9 Å². The Balaban J connectivity index is 2.57. The summed E-state index contributed by atoms with van der Waals surface area (Å²) in [6.07, 6.45) is -1.29. The summed E-state index contributed by atoms with van der Waals surface area (Å²) in [7, 11) is 1.26. The first-order chi connectivity index (χ1) is 14.6. The summed E-state index contributed by atoms with van der Waals surface area (Å²) in [6.45, 7) is 5.01. The zero-order valence-corrected chi connectivity index (χ0v) is 17.5. The van der Waals surface area contributed by atoms with E-state index < -0.39 is 17.8 Å². The molecule has 0 spiro atoms. The number of ether oxygens (including phenoxy) is 3. The molecule has 0 aliphatic rings. The highest BCUT2D eigenvalue weighted by molar-refractivity contribution is 5.89. The summed E-state index contributed by atoms with van der Waals surface area (Å²) in [6, 6.07) is 10.8. The molecule has 1 aromatic carbocycles. The first-order valence-electron chi connectivity index (χ1n) is 9.12. The van der Waals surface area contributed by atoms with E-state index >= 15 is 0 Å². The first kappa shape index (κ1) is 23.2. The number of carboxylic acid groups (broad SMARTS) is 1. The quantitative estimate of drug-likeness (QED) is 0.507. The van der Waals surface area contributed by atoms with Gasteiger partial charge in [-0.05, 0) is 20.8 Å². The number of carbonyl (C=O) groups is 2. The van der Waals surface area contributed by atoms with Gasteiger partial charge in [0.15, 0.2) is 5.82 Å². The highest BCUT2D eigenvalue weighted by Crippen LogP contribution is 2.29. The molecule has 31 heavy (non-hydrogen) atoms. The van der Waals surface area contributed by atoms with Crippen LogP contribution in [0.4, 0.5) is 15.3 Å². The molecule has 2 aromatic rings. The largest absolute Gasteiger partial charge is 0.516 e. The summed E-state index contributed by atoms with van der Waals surface area (Å²) in [4.78, 5) is 31.8. The summed E-state index contributed by atoms with van der Waals surface area (Å²) >= 11 is 0. The molecule has 0 saturated carbocycles. The Morgan fingerprint density at radius 2 is 1.90 bits per heavy atom. The lowest BCUT2D eigenvalue weighted by molar-refractivity contribution is -0.0160. The number of nitrogens with one attached hydrogen (secondary N) is 1. The number of hydrogen-bond donors (Lipinski definition) is 2. The normalized spacial score (nSPS) is 11.6. The lowest BCUT2D eigenvalue weighted by Gasteiger charge is -2.19. The third-order valence-electron chi connectivity index (χ3n) is 3.60. The van der Waals surface area contributed by atoms with E-state index in [1.54, 1.807) is 51.1 Å². The van der Waals surface area contributed by atoms with Crippen LogP contribution in [0.25, 0.3) is 16.8 Å². The SMILES string of the molecule is CO/C(OC(=O)OC(C)(C)C)=C(/CC#N)c1ncc(NC(=O)O)c(-c2ccccc2)n1. The molecular weight excluding hydrogens is 404 g/mol. The summed E-state index contributed by atoms with van der Waals surface area (Å²) in [5.74, 6) is -0.273. The summed E-state index contributed by atoms with van der Waals surface area (Å²) < 4.78 is 15.4. The Labute approximate surface area is 179 Å². The molecule has 2 rings (SSSR count). The number of allylic oxidation sites excluding steroid dienone is 1. The van der Waals surface area contributed by atoms with Gasteiger partial charge >= 0.3 is 12.2 Å². The number of aromatic nitrogens is 2. The number of methoxy groups -OCH3 is 1. The van der Waals surface area contributed by atoms with Gasteiger partial charge in [-0.1, -0.05) is 30.3 Å². The van der Waals surface area contributed by atoms with E-state index in [-0.39, 0.29) is 35.1 Å². The molecule has 1 aromatic heterocycles. The predicted molar refractivity (Wildman–Crippen MR) is 111 cm³/mol. The monoisotopic (exact) mass is 426 g/mol. The molecule has 0 bridgehead atoms. The minimum atomic E-state index is -1.29. The van der Waals surface area contributed by atoms with E-state index in [0.717, 1.165) is 0 Å². The van der Waals surface area contributed by atoms with Crippen molar-refractivity contribution >= 4 is 23.5 Å². The molecule has 2 N–H and O–H groups in total. The van der Waals surface area contributed by atoms with Crippen LogP contribution in [0, 0.1) is 11.3 Å². The average Bonchev–Trinajstić information content (AvgIpc) is 2.70. The van der Waals surface area contributed by atoms with Crippen molar-refractivity contribution in [3.05, 3.63) is 48.3 Å². The second-order valence-electron chi connectivity index (χ2n) is 7.12. The maximum atomic E-state index is 12.1. The van der Waals surface area contributed by atoms with Crippen LogP contribution in [-0.2, 0) is 14.2 Å². The van der Waals surface area contributed by atoms with Crippen LogP contribution in [-0.4, -0.2) is 40.0 Å². The second kappa shape index (κ2) is 10.1. The van der Waals surface area contributed by atoms with E-state index in [4.69, 9.17) is 19.3 Å². The fourth-order valence-corrected chi connectivity index (χ4v) is 2.44. The zero-order valence-electron chi connectivity index (χ0n) is 17.5. The molecule has 1 amide bonds. The van der Waals surface area contributed by atoms with Crippen molar-refractivity contribution in [3.8, 4) is 17.3 Å². The van der Waals surface area contributed by atoms with Crippen LogP contribution in [0.1, 0.15) is 33.0 Å². The van der Waals surface area contributed by atoms with Crippen molar-refractivity contribution in [3.63, 3.8) is 0 Å². The zero-order chi connectivity index (χ0) is 23.0. The maximum absolute atomic E-state index is 12.1. The molecule has 162 valence electrons. The molecule has 0 radical (unpaired) electrons. The molecule has 0 atom stereocenters. The average molecular weight is 426 g/mol. The highest BCUT2D eigenvalue weighted by atomic mass is 16.8. The third-order valence-corrected chi connectivity index (χ3v) is 3.60. The van der Waals surface area contributed by atoms with Gasteiger partial charge in [0.2, 0.25) is 0 Å². The summed E-state index contributed by atoms with van der Waals surface area (Å²) in [5, 5.41) is 20.6. The molecule has 0 unspecified atom stereocenters. The molecule has 1 heterocycles. The van der Waals surface area contributed by atoms with E-state index in [0.29, 0.717) is 5.56 Å². The van der Waals surface area contributed by atoms with Crippen molar-refractivity contribution in [2.24, 2.45) is 0 Å². The minimum Gasteiger partial charge on any atom is -0.468 e. The molecule has 10 heteroatoms. The molecule has 0 saturated heterocycles. The molecule has 10 nitrogen and oxygen atoms in total. The van der Waals surface area contributed by atoms with E-state index in [1.165, 1.54) is 13.3 Å². The Morgan fingerprint density at radius 3 is 2.45 bits per heavy atom. The Morgan fingerprint density at radius 1 is 1.23 bits per heavy atom. The number of nitrogens with zero attached hydrogens (tertiary/aromatic N) is 3. The van der Waals surface area contributed by atoms with Crippen LogP contribution in [0.2, 0.25) is 0 Å². The summed E-state index contributed by atoms with van der Waals surface area (Å²) in [5.41, 5.74) is 0.321. The van der Waals surface area contributed by atoms with E-state index in [2.05, 4.69) is 15.3 Å². The molecule has 0 fully saturated rings. The van der Waals surface area contributed by atoms with Crippen LogP contribution < -0.4 is 5.32 Å². The molecular formula is C21H22N4O6. The molecule has 0 aliphatic heterocycles. The van der Waals surface area contributed by atoms with Gasteiger partial charge in [0.05, 0.1) is 42.8 Å². The number of nitriles is 1. The topological polar surface area (TPSA) is 144 Å². The number of hydrogen-bond acceptors (Lipinski definition) is 8. The Bertz CT molecular complexity index is 1020. The smallest absolute Gasteiger partial charge is 0.468 e. The van der Waals surface area contributed by atoms with Crippen molar-refractivity contribution < 1.29 is 28.9 Å². The van der Waals surface area contributed by atoms with Gasteiger partial charge in [-0.3, -0.25) is 5.32 Å². The van der Waals surface area contributed by atoms with Gasteiger partial charge in [0, 0.05) is 5.56 Å². The van der Waals surface area contributed by atoms with Gasteiger partial charge in [0.25, 0.3) is 5.95 Å². The second-order valence-corrected chi connectivity index (χ2v) is 7.12. The first-order valence-corrected chi connectivity index (χ1v) is 9.12. The van der Waals surface area contributed by atoms with Gasteiger partial charge in [-0.25, -0.2) is 19.6 Å². The van der Waals surface area contributed by atoms with Crippen molar-refractivity contribution in [1.29, 1.82) is 5.26 Å². The standard InChI is InChI=1S/C21H22N4O6/c1-21(2,3)31-20(28)30-18(29-4)14(10-11-22)17-23-12-15(24-19(26)27)16(25-17)13-8-6-5-7-9-13/h5-9,12,24H,10H2,1-4H3,(H,26,27)/b18-14+. The van der Waals surface area contributed by atoms with Gasteiger partial charge in [-0.15, -0.1) is 0 Å². The third kappa shape index (κ3) is 6.71. The number of anilines is 1. The lowest BCUT2D eigenvalue weighted by atomic mass is 10.1. The van der Waals surface area contributed by atoms with Crippen LogP contribution in [0.3, 0.4) is 0 Å². The van der Waals surface area contributed by atoms with Gasteiger partial charge < -0.3 is 19.3 Å². The maximum Gasteiger partial charge on any atom is 0.516 e. The number of carbonyl (C=O) groups excluding carboxylic acids is 1. The van der Waals surface area contributed by atoms with Crippen LogP contribution in [0.5, 0.6) is 0 Å². The van der Waals surface area contributed by atoms with Crippen molar-refractivity contribution in [2.75, 3.05) is 12.4 Å². The number of benzene rings is 1. The van der Waals surface area contributed by atoms with Gasteiger partial charge in [0.1, 0.15) is 5.60 Å². The fourth-order valence-electron chi connectivity index (χ4n) is 2.44. The molecule has 0 aliphatic carbocycles. The highest BCUT2D eigenvalue weighted by Gasteiger charge is 2.24. The van der Waals surface area contributed by atoms with Crippen molar-refractivity contribution in [2.45, 2.75) is 32.8 Å². The number of rotatable bonds is 6. The fraction of sp³-hybridized carbons (Fsp3) is 0.286. The van der Waals surface area contributed by atoms with Gasteiger partial charge in [-0.2, -0.15) is 5.26 Å². The minimum absolute atomic E-state index is 0.0248. The Hall–Kier alpha value is -4.13. The van der Waals surface area contributed by atoms with Crippen LogP contribution >= 0.6 is 0 Å². The van der Waals surface area contributed by atoms with E-state index in [1.807, 2.05) is 6.07 Å².